The van der Waals surface area contributed by atoms with E-state index in [1.165, 1.54) is 24.1 Å². The molecule has 0 saturated carbocycles. The zero-order valence-electron chi connectivity index (χ0n) is 14.9. The number of benzene rings is 1. The number of aromatic nitrogens is 3. The first-order valence-electron chi connectivity index (χ1n) is 8.95. The zero-order valence-corrected chi connectivity index (χ0v) is 14.9. The van der Waals surface area contributed by atoms with E-state index in [0.717, 1.165) is 35.0 Å². The van der Waals surface area contributed by atoms with E-state index in [2.05, 4.69) is 33.1 Å². The largest absolute Gasteiger partial charge is 0.350 e. The van der Waals surface area contributed by atoms with Crippen LogP contribution in [0.25, 0.3) is 10.9 Å². The summed E-state index contributed by atoms with van der Waals surface area (Å²) in [7, 11) is 3.90. The number of H-pyrrole nitrogens is 1. The van der Waals surface area contributed by atoms with Gasteiger partial charge in [0.15, 0.2) is 0 Å². The van der Waals surface area contributed by atoms with Crippen molar-refractivity contribution in [3.05, 3.63) is 53.0 Å². The monoisotopic (exact) mass is 336 g/mol. The van der Waals surface area contributed by atoms with Crippen LogP contribution in [0.3, 0.4) is 0 Å². The van der Waals surface area contributed by atoms with Crippen LogP contribution in [-0.2, 0) is 37.6 Å². The van der Waals surface area contributed by atoms with Gasteiger partial charge < -0.3 is 9.47 Å². The van der Waals surface area contributed by atoms with Crippen LogP contribution in [0.1, 0.15) is 35.4 Å². The predicted octanol–water partition coefficient (Wildman–Crippen LogP) is 2.98. The van der Waals surface area contributed by atoms with Crippen molar-refractivity contribution in [3.63, 3.8) is 0 Å². The normalized spacial score (nSPS) is 13.8. The molecule has 0 spiro atoms. The Morgan fingerprint density at radius 3 is 2.96 bits per heavy atom. The van der Waals surface area contributed by atoms with Crippen molar-refractivity contribution < 1.29 is 4.79 Å². The number of rotatable bonds is 4. The van der Waals surface area contributed by atoms with Crippen LogP contribution in [0.2, 0.25) is 0 Å². The Labute approximate surface area is 147 Å². The highest BCUT2D eigenvalue weighted by Gasteiger charge is 2.20. The molecular formula is C20H24N4O. The summed E-state index contributed by atoms with van der Waals surface area (Å²) in [5.74, 6) is 0.129. The molecule has 1 aliphatic rings. The lowest BCUT2D eigenvalue weighted by Crippen LogP contribution is -2.28. The number of para-hydroxylation sites is 1. The van der Waals surface area contributed by atoms with Gasteiger partial charge in [0.2, 0.25) is 5.91 Å². The molecule has 1 N–H and O–H groups in total. The zero-order chi connectivity index (χ0) is 17.4. The van der Waals surface area contributed by atoms with Crippen molar-refractivity contribution in [2.45, 2.75) is 38.6 Å². The lowest BCUT2D eigenvalue weighted by Gasteiger charge is -2.18. The van der Waals surface area contributed by atoms with Gasteiger partial charge in [0.1, 0.15) is 0 Å². The van der Waals surface area contributed by atoms with Gasteiger partial charge in [-0.25, -0.2) is 0 Å². The molecule has 0 fully saturated rings. The summed E-state index contributed by atoms with van der Waals surface area (Å²) in [5, 5.41) is 8.77. The molecule has 4 rings (SSSR count). The molecule has 1 amide bonds. The van der Waals surface area contributed by atoms with Gasteiger partial charge in [-0.1, -0.05) is 18.2 Å². The Morgan fingerprint density at radius 2 is 2.08 bits per heavy atom. The van der Waals surface area contributed by atoms with Gasteiger partial charge in [-0.3, -0.25) is 9.89 Å². The summed E-state index contributed by atoms with van der Waals surface area (Å²) in [6.07, 6.45) is 7.08. The van der Waals surface area contributed by atoms with E-state index < -0.39 is 0 Å². The number of fused-ring (bicyclic) bond motifs is 2. The van der Waals surface area contributed by atoms with Crippen molar-refractivity contribution in [2.24, 2.45) is 7.05 Å². The van der Waals surface area contributed by atoms with E-state index in [1.54, 1.807) is 4.90 Å². The number of amides is 1. The third-order valence-electron chi connectivity index (χ3n) is 5.28. The maximum Gasteiger partial charge on any atom is 0.227 e. The number of aromatic amines is 1. The molecule has 0 unspecified atom stereocenters. The van der Waals surface area contributed by atoms with Crippen LogP contribution in [-0.4, -0.2) is 32.6 Å². The summed E-state index contributed by atoms with van der Waals surface area (Å²) in [4.78, 5) is 14.5. The number of aryl methyl sites for hydroxylation is 2. The molecule has 25 heavy (non-hydrogen) atoms. The average Bonchev–Trinajstić information content (AvgIpc) is 3.17. The fourth-order valence-electron chi connectivity index (χ4n) is 3.86. The molecule has 2 heterocycles. The molecule has 5 heteroatoms. The van der Waals surface area contributed by atoms with Gasteiger partial charge >= 0.3 is 0 Å². The summed E-state index contributed by atoms with van der Waals surface area (Å²) < 4.78 is 2.09. The first-order chi connectivity index (χ1) is 12.1. The maximum atomic E-state index is 12.7. The van der Waals surface area contributed by atoms with E-state index >= 15 is 0 Å². The molecule has 2 aromatic heterocycles. The minimum Gasteiger partial charge on any atom is -0.350 e. The van der Waals surface area contributed by atoms with E-state index in [4.69, 9.17) is 0 Å². The van der Waals surface area contributed by atoms with Gasteiger partial charge in [0.05, 0.1) is 18.7 Å². The standard InChI is InChI=1S/C20H24N4O/c1-23-12-14(15-7-4-6-10-19(15)23)11-20(25)24(2)13-18-16-8-3-5-9-17(16)21-22-18/h4,6-7,10,12H,3,5,8-9,11,13H2,1-2H3,(H,21,22). The summed E-state index contributed by atoms with van der Waals surface area (Å²) in [6.45, 7) is 0.579. The predicted molar refractivity (Wildman–Crippen MR) is 98.3 cm³/mol. The van der Waals surface area contributed by atoms with E-state index in [-0.39, 0.29) is 5.91 Å². The van der Waals surface area contributed by atoms with Crippen LogP contribution in [0.5, 0.6) is 0 Å². The Kier molecular flexibility index (Phi) is 4.07. The van der Waals surface area contributed by atoms with Crippen LogP contribution in [0, 0.1) is 0 Å². The molecule has 5 nitrogen and oxygen atoms in total. The van der Waals surface area contributed by atoms with E-state index in [1.807, 2.05) is 26.2 Å². The molecule has 1 aliphatic carbocycles. The van der Waals surface area contributed by atoms with Gasteiger partial charge in [0, 0.05) is 36.9 Å². The molecule has 3 aromatic rings. The van der Waals surface area contributed by atoms with Crippen molar-refractivity contribution in [1.29, 1.82) is 0 Å². The van der Waals surface area contributed by atoms with Gasteiger partial charge in [-0.05, 0) is 42.9 Å². The fraction of sp³-hybridized carbons (Fsp3) is 0.400. The van der Waals surface area contributed by atoms with Crippen molar-refractivity contribution in [1.82, 2.24) is 19.7 Å². The molecule has 1 aromatic carbocycles. The first-order valence-corrected chi connectivity index (χ1v) is 8.95. The van der Waals surface area contributed by atoms with Gasteiger partial charge in [-0.2, -0.15) is 5.10 Å². The highest BCUT2D eigenvalue weighted by atomic mass is 16.2. The topological polar surface area (TPSA) is 53.9 Å². The molecule has 130 valence electrons. The third kappa shape index (κ3) is 2.95. The second-order valence-corrected chi connectivity index (χ2v) is 7.04. The second-order valence-electron chi connectivity index (χ2n) is 7.04. The van der Waals surface area contributed by atoms with Crippen LogP contribution in [0.15, 0.2) is 30.5 Å². The lowest BCUT2D eigenvalue weighted by molar-refractivity contribution is -0.129. The van der Waals surface area contributed by atoms with Crippen molar-refractivity contribution in [2.75, 3.05) is 7.05 Å². The lowest BCUT2D eigenvalue weighted by atomic mass is 9.96. The number of likely N-dealkylation sites (N-methyl/N-ethyl adjacent to an activating group) is 1. The van der Waals surface area contributed by atoms with Crippen LogP contribution >= 0.6 is 0 Å². The van der Waals surface area contributed by atoms with Gasteiger partial charge in [-0.15, -0.1) is 0 Å². The maximum absolute atomic E-state index is 12.7. The molecule has 0 radical (unpaired) electrons. The summed E-state index contributed by atoms with van der Waals surface area (Å²) >= 11 is 0. The number of nitrogens with one attached hydrogen (secondary N) is 1. The highest BCUT2D eigenvalue weighted by molar-refractivity contribution is 5.89. The number of hydrogen-bond acceptors (Lipinski definition) is 2. The Morgan fingerprint density at radius 1 is 1.28 bits per heavy atom. The molecule has 0 bridgehead atoms. The van der Waals surface area contributed by atoms with Crippen molar-refractivity contribution >= 4 is 16.8 Å². The Balaban J connectivity index is 1.50. The molecular weight excluding hydrogens is 312 g/mol. The summed E-state index contributed by atoms with van der Waals surface area (Å²) in [6, 6.07) is 8.22. The van der Waals surface area contributed by atoms with Gasteiger partial charge in [0.25, 0.3) is 0 Å². The van der Waals surface area contributed by atoms with Crippen molar-refractivity contribution in [3.8, 4) is 0 Å². The minimum absolute atomic E-state index is 0.129. The first kappa shape index (κ1) is 15.9. The Bertz CT molecular complexity index is 921. The number of carbonyl (C=O) groups excluding carboxylic acids is 1. The Hall–Kier alpha value is -2.56. The average molecular weight is 336 g/mol. The minimum atomic E-state index is 0.129. The van der Waals surface area contributed by atoms with E-state index in [9.17, 15) is 4.79 Å². The fourth-order valence-corrected chi connectivity index (χ4v) is 3.86. The highest BCUT2D eigenvalue weighted by Crippen LogP contribution is 2.24. The van der Waals surface area contributed by atoms with E-state index in [0.29, 0.717) is 13.0 Å². The number of hydrogen-bond donors (Lipinski definition) is 1. The summed E-state index contributed by atoms with van der Waals surface area (Å²) in [5.41, 5.74) is 5.86. The second kappa shape index (κ2) is 6.39. The quantitative estimate of drug-likeness (QED) is 0.796. The van der Waals surface area contributed by atoms with Crippen LogP contribution in [0.4, 0.5) is 0 Å². The molecule has 0 saturated heterocycles. The number of carbonyl (C=O) groups is 1. The smallest absolute Gasteiger partial charge is 0.227 e. The molecule has 0 aliphatic heterocycles. The van der Waals surface area contributed by atoms with Crippen LogP contribution < -0.4 is 0 Å². The molecule has 0 atom stereocenters. The number of nitrogens with zero attached hydrogens (tertiary/aromatic N) is 3. The SMILES string of the molecule is CN(Cc1n[nH]c2c1CCCC2)C(=O)Cc1cn(C)c2ccccc12. The third-order valence-corrected chi connectivity index (χ3v) is 5.28.